The highest BCUT2D eigenvalue weighted by Crippen LogP contribution is 2.30. The van der Waals surface area contributed by atoms with E-state index in [-0.39, 0.29) is 0 Å². The molecular weight excluding hydrogens is 334 g/mol. The molecule has 5 rings (SSSR count). The molecule has 0 saturated heterocycles. The van der Waals surface area contributed by atoms with Gasteiger partial charge >= 0.3 is 0 Å². The van der Waals surface area contributed by atoms with Gasteiger partial charge in [-0.15, -0.1) is 0 Å². The summed E-state index contributed by atoms with van der Waals surface area (Å²) in [5.74, 6) is 0. The van der Waals surface area contributed by atoms with E-state index in [2.05, 4.69) is 63.0 Å². The zero-order chi connectivity index (χ0) is 18.1. The van der Waals surface area contributed by atoms with Crippen molar-refractivity contribution < 1.29 is 0 Å². The molecule has 1 aliphatic rings. The molecule has 134 valence electrons. The number of pyridine rings is 1. The molecular formula is C22H21N5. The van der Waals surface area contributed by atoms with Crippen LogP contribution in [-0.4, -0.2) is 32.8 Å². The van der Waals surface area contributed by atoms with Crippen molar-refractivity contribution in [2.45, 2.75) is 13.0 Å². The van der Waals surface area contributed by atoms with Crippen LogP contribution in [0.2, 0.25) is 0 Å². The predicted octanol–water partition coefficient (Wildman–Crippen LogP) is 3.85. The summed E-state index contributed by atoms with van der Waals surface area (Å²) >= 11 is 0. The van der Waals surface area contributed by atoms with Crippen LogP contribution in [0, 0.1) is 0 Å². The normalized spacial score (nSPS) is 14.4. The lowest BCUT2D eigenvalue weighted by atomic mass is 10.00. The molecule has 0 bridgehead atoms. The first kappa shape index (κ1) is 16.0. The molecule has 0 fully saturated rings. The van der Waals surface area contributed by atoms with Crippen LogP contribution in [0.3, 0.4) is 0 Å². The van der Waals surface area contributed by atoms with Crippen molar-refractivity contribution in [2.24, 2.45) is 0 Å². The molecule has 0 unspecified atom stereocenters. The zero-order valence-electron chi connectivity index (χ0n) is 15.0. The molecule has 2 N–H and O–H groups in total. The maximum atomic E-state index is 4.63. The number of nitrogens with one attached hydrogen (secondary N) is 2. The molecule has 1 aromatic carbocycles. The number of nitrogens with zero attached hydrogens (tertiary/aromatic N) is 3. The quantitative estimate of drug-likeness (QED) is 0.584. The van der Waals surface area contributed by atoms with E-state index in [1.807, 2.05) is 29.3 Å². The molecule has 0 aliphatic carbocycles. The Bertz CT molecular complexity index is 1100. The van der Waals surface area contributed by atoms with Gasteiger partial charge in [0.05, 0.1) is 12.7 Å². The average Bonchev–Trinajstić information content (AvgIpc) is 3.35. The van der Waals surface area contributed by atoms with Crippen molar-refractivity contribution in [2.75, 3.05) is 13.1 Å². The summed E-state index contributed by atoms with van der Waals surface area (Å²) in [6, 6.07) is 12.6. The van der Waals surface area contributed by atoms with Gasteiger partial charge in [-0.2, -0.15) is 5.10 Å². The van der Waals surface area contributed by atoms with Gasteiger partial charge in [0.25, 0.3) is 0 Å². The van der Waals surface area contributed by atoms with Crippen LogP contribution in [0.25, 0.3) is 27.7 Å². The molecule has 5 heteroatoms. The molecule has 27 heavy (non-hydrogen) atoms. The van der Waals surface area contributed by atoms with Crippen LogP contribution in [-0.2, 0) is 6.54 Å². The number of H-pyrrole nitrogens is 1. The fraction of sp³-hybridized carbons (Fsp3) is 0.182. The SMILES string of the molecule is C1=C(c2cnc3[nH]cc(-c4cnn(Cc5ccccc5)c4)c3c2)CCNC1. The van der Waals surface area contributed by atoms with Gasteiger partial charge in [0, 0.05) is 41.6 Å². The van der Waals surface area contributed by atoms with E-state index in [4.69, 9.17) is 0 Å². The van der Waals surface area contributed by atoms with Crippen LogP contribution < -0.4 is 5.32 Å². The van der Waals surface area contributed by atoms with Crippen LogP contribution in [0.4, 0.5) is 0 Å². The summed E-state index contributed by atoms with van der Waals surface area (Å²) in [6.07, 6.45) is 11.3. The van der Waals surface area contributed by atoms with E-state index in [9.17, 15) is 0 Å². The third-order valence-corrected chi connectivity index (χ3v) is 5.10. The first-order valence-corrected chi connectivity index (χ1v) is 9.31. The number of aromatic amines is 1. The second-order valence-corrected chi connectivity index (χ2v) is 6.92. The van der Waals surface area contributed by atoms with Crippen molar-refractivity contribution in [3.63, 3.8) is 0 Å². The molecule has 5 nitrogen and oxygen atoms in total. The number of benzene rings is 1. The van der Waals surface area contributed by atoms with Crippen molar-refractivity contribution in [1.29, 1.82) is 0 Å². The summed E-state index contributed by atoms with van der Waals surface area (Å²) in [5.41, 5.74) is 6.99. The minimum absolute atomic E-state index is 0.770. The average molecular weight is 355 g/mol. The van der Waals surface area contributed by atoms with Crippen LogP contribution in [0.1, 0.15) is 17.5 Å². The Morgan fingerprint density at radius 1 is 1.07 bits per heavy atom. The summed E-state index contributed by atoms with van der Waals surface area (Å²) in [7, 11) is 0. The Balaban J connectivity index is 1.49. The molecule has 1 aliphatic heterocycles. The van der Waals surface area contributed by atoms with Gasteiger partial charge in [-0.1, -0.05) is 36.4 Å². The summed E-state index contributed by atoms with van der Waals surface area (Å²) < 4.78 is 1.98. The molecule has 0 atom stereocenters. The molecule has 4 heterocycles. The molecule has 3 aromatic heterocycles. The fourth-order valence-electron chi connectivity index (χ4n) is 3.66. The number of aromatic nitrogens is 4. The third-order valence-electron chi connectivity index (χ3n) is 5.10. The minimum Gasteiger partial charge on any atom is -0.346 e. The standard InChI is InChI=1S/C22H21N5/c1-2-4-16(5-3-1)14-27-15-19(12-26-27)21-13-25-22-20(21)10-18(11-24-22)17-6-8-23-9-7-17/h1-6,10-13,15,23H,7-9,14H2,(H,24,25). The second-order valence-electron chi connectivity index (χ2n) is 6.92. The fourth-order valence-corrected chi connectivity index (χ4v) is 3.66. The lowest BCUT2D eigenvalue weighted by molar-refractivity contribution is 0.687. The van der Waals surface area contributed by atoms with Gasteiger partial charge in [0.1, 0.15) is 5.65 Å². The smallest absolute Gasteiger partial charge is 0.137 e. The van der Waals surface area contributed by atoms with E-state index in [0.29, 0.717) is 0 Å². The van der Waals surface area contributed by atoms with Crippen LogP contribution >= 0.6 is 0 Å². The maximum Gasteiger partial charge on any atom is 0.137 e. The largest absolute Gasteiger partial charge is 0.346 e. The van der Waals surface area contributed by atoms with E-state index in [0.717, 1.165) is 48.2 Å². The van der Waals surface area contributed by atoms with Crippen molar-refractivity contribution in [3.8, 4) is 11.1 Å². The van der Waals surface area contributed by atoms with Gasteiger partial charge in [-0.05, 0) is 35.7 Å². The van der Waals surface area contributed by atoms with Crippen molar-refractivity contribution >= 4 is 16.6 Å². The van der Waals surface area contributed by atoms with Crippen molar-refractivity contribution in [1.82, 2.24) is 25.1 Å². The topological polar surface area (TPSA) is 58.5 Å². The predicted molar refractivity (Wildman–Crippen MR) is 108 cm³/mol. The Morgan fingerprint density at radius 3 is 2.85 bits per heavy atom. The number of fused-ring (bicyclic) bond motifs is 1. The number of hydrogen-bond acceptors (Lipinski definition) is 3. The summed E-state index contributed by atoms with van der Waals surface area (Å²) in [6.45, 7) is 2.72. The number of rotatable bonds is 4. The molecule has 4 aromatic rings. The highest BCUT2D eigenvalue weighted by Gasteiger charge is 2.13. The van der Waals surface area contributed by atoms with Crippen LogP contribution in [0.15, 0.2) is 67.3 Å². The van der Waals surface area contributed by atoms with E-state index in [1.54, 1.807) is 0 Å². The molecule has 0 saturated carbocycles. The highest BCUT2D eigenvalue weighted by atomic mass is 15.3. The summed E-state index contributed by atoms with van der Waals surface area (Å²) in [4.78, 5) is 7.93. The van der Waals surface area contributed by atoms with Gasteiger partial charge in [0.15, 0.2) is 0 Å². The second kappa shape index (κ2) is 6.85. The number of hydrogen-bond donors (Lipinski definition) is 2. The maximum absolute atomic E-state index is 4.63. The van der Waals surface area contributed by atoms with Gasteiger partial charge in [-0.3, -0.25) is 4.68 Å². The minimum atomic E-state index is 0.770. The summed E-state index contributed by atoms with van der Waals surface area (Å²) in [5, 5.41) is 9.06. The van der Waals surface area contributed by atoms with Crippen LogP contribution in [0.5, 0.6) is 0 Å². The van der Waals surface area contributed by atoms with Gasteiger partial charge in [0.2, 0.25) is 0 Å². The molecule has 0 radical (unpaired) electrons. The Labute approximate surface area is 157 Å². The lowest BCUT2D eigenvalue weighted by Gasteiger charge is -2.14. The lowest BCUT2D eigenvalue weighted by Crippen LogP contribution is -2.20. The Morgan fingerprint density at radius 2 is 2.00 bits per heavy atom. The third kappa shape index (κ3) is 3.17. The van der Waals surface area contributed by atoms with Gasteiger partial charge in [-0.25, -0.2) is 4.98 Å². The monoisotopic (exact) mass is 355 g/mol. The highest BCUT2D eigenvalue weighted by molar-refractivity contribution is 5.95. The Hall–Kier alpha value is -3.18. The zero-order valence-corrected chi connectivity index (χ0v) is 15.0. The van der Waals surface area contributed by atoms with E-state index < -0.39 is 0 Å². The first-order valence-electron chi connectivity index (χ1n) is 9.31. The van der Waals surface area contributed by atoms with Gasteiger partial charge < -0.3 is 10.3 Å². The first-order chi connectivity index (χ1) is 13.4. The van der Waals surface area contributed by atoms with Crippen molar-refractivity contribution in [3.05, 3.63) is 78.4 Å². The van der Waals surface area contributed by atoms with E-state index >= 15 is 0 Å². The van der Waals surface area contributed by atoms with E-state index in [1.165, 1.54) is 16.7 Å². The molecule has 0 spiro atoms. The Kier molecular flexibility index (Phi) is 4.07. The molecule has 0 amide bonds.